The molecule has 178 valence electrons. The first-order chi connectivity index (χ1) is 16.5. The van der Waals surface area contributed by atoms with Gasteiger partial charge in [0.05, 0.1) is 38.0 Å². The molecule has 1 aliphatic heterocycles. The zero-order chi connectivity index (χ0) is 24.2. The predicted octanol–water partition coefficient (Wildman–Crippen LogP) is 5.84. The number of nitrogens with zero attached hydrogens (tertiary/aromatic N) is 1. The summed E-state index contributed by atoms with van der Waals surface area (Å²) in [5.74, 6) is 2.24. The Bertz CT molecular complexity index is 1200. The van der Waals surface area contributed by atoms with Crippen molar-refractivity contribution in [2.24, 2.45) is 0 Å². The number of fused-ring (bicyclic) bond motifs is 1. The summed E-state index contributed by atoms with van der Waals surface area (Å²) in [6, 6.07) is 15.8. The molecular weight excluding hydrogens is 477 g/mol. The Morgan fingerprint density at radius 1 is 0.912 bits per heavy atom. The van der Waals surface area contributed by atoms with Crippen LogP contribution in [0.4, 0.5) is 0 Å². The largest absolute Gasteiger partial charge is 0.493 e. The van der Waals surface area contributed by atoms with Crippen LogP contribution in [0.3, 0.4) is 0 Å². The van der Waals surface area contributed by atoms with Gasteiger partial charge in [0.15, 0.2) is 23.0 Å². The number of carbonyl (C=O) groups is 1. The van der Waals surface area contributed by atoms with E-state index in [1.807, 2.05) is 36.4 Å². The van der Waals surface area contributed by atoms with E-state index >= 15 is 0 Å². The quantitative estimate of drug-likeness (QED) is 0.407. The molecule has 3 aromatic rings. The highest BCUT2D eigenvalue weighted by molar-refractivity contribution is 6.36. The highest BCUT2D eigenvalue weighted by atomic mass is 35.5. The van der Waals surface area contributed by atoms with E-state index in [-0.39, 0.29) is 12.5 Å². The van der Waals surface area contributed by atoms with Gasteiger partial charge in [-0.1, -0.05) is 35.3 Å². The highest BCUT2D eigenvalue weighted by Crippen LogP contribution is 2.40. The van der Waals surface area contributed by atoms with Gasteiger partial charge in [-0.15, -0.1) is 0 Å². The Hall–Kier alpha value is -3.09. The van der Waals surface area contributed by atoms with E-state index in [4.69, 9.17) is 42.1 Å². The minimum absolute atomic E-state index is 0.198. The van der Waals surface area contributed by atoms with Crippen molar-refractivity contribution < 1.29 is 23.7 Å². The van der Waals surface area contributed by atoms with Gasteiger partial charge in [0.1, 0.15) is 6.61 Å². The number of methoxy groups -OCH3 is 3. The summed E-state index contributed by atoms with van der Waals surface area (Å²) in [6.45, 7) is 0.694. The van der Waals surface area contributed by atoms with Gasteiger partial charge in [0.2, 0.25) is 0 Å². The van der Waals surface area contributed by atoms with Gasteiger partial charge in [0.25, 0.3) is 5.91 Å². The minimum atomic E-state index is -0.396. The molecule has 6 nitrogen and oxygen atoms in total. The summed E-state index contributed by atoms with van der Waals surface area (Å²) < 4.78 is 22.6. The summed E-state index contributed by atoms with van der Waals surface area (Å²) in [5.41, 5.74) is 2.38. The van der Waals surface area contributed by atoms with Gasteiger partial charge in [-0.25, -0.2) is 0 Å². The molecule has 0 aromatic heterocycles. The molecule has 1 amide bonds. The summed E-state index contributed by atoms with van der Waals surface area (Å²) in [7, 11) is 4.78. The lowest BCUT2D eigenvalue weighted by Crippen LogP contribution is -2.42. The Kier molecular flexibility index (Phi) is 7.39. The summed E-state index contributed by atoms with van der Waals surface area (Å²) in [6.07, 6.45) is 0.651. The fourth-order valence-electron chi connectivity index (χ4n) is 4.18. The number of ether oxygens (including phenoxy) is 4. The molecule has 0 radical (unpaired) electrons. The molecule has 0 saturated heterocycles. The lowest BCUT2D eigenvalue weighted by molar-refractivity contribution is 0.0587. The second-order valence-corrected chi connectivity index (χ2v) is 8.60. The van der Waals surface area contributed by atoms with Gasteiger partial charge in [-0.2, -0.15) is 0 Å². The number of carbonyl (C=O) groups excluding carboxylic acids is 1. The van der Waals surface area contributed by atoms with Crippen molar-refractivity contribution in [3.8, 4) is 23.0 Å². The van der Waals surface area contributed by atoms with E-state index in [1.54, 1.807) is 44.4 Å². The molecule has 0 spiro atoms. The third-order valence-corrected chi connectivity index (χ3v) is 6.44. The van der Waals surface area contributed by atoms with Crippen LogP contribution in [-0.2, 0) is 6.42 Å². The predicted molar refractivity (Wildman–Crippen MR) is 132 cm³/mol. The fraction of sp³-hybridized carbons (Fsp3) is 0.269. The van der Waals surface area contributed by atoms with E-state index in [0.717, 1.165) is 11.1 Å². The summed E-state index contributed by atoms with van der Waals surface area (Å²) >= 11 is 12.4. The van der Waals surface area contributed by atoms with Crippen molar-refractivity contribution in [2.45, 2.75) is 12.5 Å². The van der Waals surface area contributed by atoms with E-state index < -0.39 is 6.04 Å². The van der Waals surface area contributed by atoms with Crippen LogP contribution in [0.2, 0.25) is 10.0 Å². The van der Waals surface area contributed by atoms with Crippen LogP contribution in [0.15, 0.2) is 54.6 Å². The van der Waals surface area contributed by atoms with Crippen molar-refractivity contribution in [3.05, 3.63) is 81.3 Å². The van der Waals surface area contributed by atoms with Gasteiger partial charge < -0.3 is 23.8 Å². The van der Waals surface area contributed by atoms with Crippen LogP contribution in [0, 0.1) is 0 Å². The van der Waals surface area contributed by atoms with Gasteiger partial charge in [-0.05, 0) is 60.0 Å². The third kappa shape index (κ3) is 4.74. The normalized spacial score (nSPS) is 14.9. The van der Waals surface area contributed by atoms with Crippen LogP contribution in [-0.4, -0.2) is 45.3 Å². The van der Waals surface area contributed by atoms with Crippen molar-refractivity contribution in [1.29, 1.82) is 0 Å². The first-order valence-corrected chi connectivity index (χ1v) is 11.5. The van der Waals surface area contributed by atoms with Crippen molar-refractivity contribution in [3.63, 3.8) is 0 Å². The monoisotopic (exact) mass is 501 g/mol. The number of amides is 1. The third-order valence-electron chi connectivity index (χ3n) is 5.89. The molecule has 1 atom stereocenters. The first-order valence-electron chi connectivity index (χ1n) is 10.7. The molecule has 1 heterocycles. The molecule has 34 heavy (non-hydrogen) atoms. The number of para-hydroxylation sites is 2. The van der Waals surface area contributed by atoms with Crippen LogP contribution >= 0.6 is 23.2 Å². The molecule has 0 bridgehead atoms. The highest BCUT2D eigenvalue weighted by Gasteiger charge is 2.34. The van der Waals surface area contributed by atoms with Crippen LogP contribution in [0.5, 0.6) is 23.0 Å². The summed E-state index contributed by atoms with van der Waals surface area (Å²) in [5, 5.41) is 0.776. The number of hydrogen-bond donors (Lipinski definition) is 0. The smallest absolute Gasteiger partial charge is 0.256 e. The first kappa shape index (κ1) is 24.0. The fourth-order valence-corrected chi connectivity index (χ4v) is 4.66. The number of rotatable bonds is 7. The van der Waals surface area contributed by atoms with E-state index in [1.165, 1.54) is 0 Å². The molecule has 1 aliphatic rings. The van der Waals surface area contributed by atoms with Crippen LogP contribution in [0.25, 0.3) is 0 Å². The Morgan fingerprint density at radius 3 is 2.26 bits per heavy atom. The summed E-state index contributed by atoms with van der Waals surface area (Å²) in [4.78, 5) is 15.4. The molecule has 0 N–H and O–H groups in total. The van der Waals surface area contributed by atoms with E-state index in [9.17, 15) is 4.79 Å². The molecule has 4 rings (SSSR count). The van der Waals surface area contributed by atoms with Crippen molar-refractivity contribution >= 4 is 29.1 Å². The maximum Gasteiger partial charge on any atom is 0.256 e. The van der Waals surface area contributed by atoms with Crippen LogP contribution in [0.1, 0.15) is 27.5 Å². The molecule has 0 saturated carbocycles. The molecule has 0 fully saturated rings. The van der Waals surface area contributed by atoms with Gasteiger partial charge in [0, 0.05) is 11.6 Å². The van der Waals surface area contributed by atoms with Gasteiger partial charge in [-0.3, -0.25) is 4.79 Å². The second kappa shape index (κ2) is 10.5. The second-order valence-electron chi connectivity index (χ2n) is 7.76. The minimum Gasteiger partial charge on any atom is -0.493 e. The standard InChI is InChI=1S/C26H25Cl2NO5/c1-31-22-6-4-5-7-23(22)34-15-21-19-14-25(33-3)24(32-2)12-16(19)10-11-29(21)26(30)18-9-8-17(27)13-20(18)28/h4-9,12-14,21H,10-11,15H2,1-3H3/t21-/m1/s1. The van der Waals surface area contributed by atoms with E-state index in [2.05, 4.69) is 0 Å². The number of halogens is 2. The zero-order valence-electron chi connectivity index (χ0n) is 19.1. The van der Waals surface area contributed by atoms with Crippen molar-refractivity contribution in [1.82, 2.24) is 4.90 Å². The van der Waals surface area contributed by atoms with E-state index in [0.29, 0.717) is 51.6 Å². The molecule has 8 heteroatoms. The number of benzene rings is 3. The van der Waals surface area contributed by atoms with Crippen LogP contribution < -0.4 is 18.9 Å². The Balaban J connectivity index is 1.74. The van der Waals surface area contributed by atoms with Gasteiger partial charge >= 0.3 is 0 Å². The Labute approximate surface area is 208 Å². The molecule has 0 aliphatic carbocycles. The Morgan fingerprint density at radius 2 is 1.59 bits per heavy atom. The lowest BCUT2D eigenvalue weighted by atomic mass is 9.91. The topological polar surface area (TPSA) is 57.2 Å². The maximum atomic E-state index is 13.6. The number of hydrogen-bond acceptors (Lipinski definition) is 5. The zero-order valence-corrected chi connectivity index (χ0v) is 20.7. The van der Waals surface area contributed by atoms with Crippen molar-refractivity contribution in [2.75, 3.05) is 34.5 Å². The SMILES string of the molecule is COc1cc2c(cc1OC)[C@@H](COc1ccccc1OC)N(C(=O)c1ccc(Cl)cc1Cl)CC2. The lowest BCUT2D eigenvalue weighted by Gasteiger charge is -2.38. The molecular formula is C26H25Cl2NO5. The molecule has 3 aromatic carbocycles. The average Bonchev–Trinajstić information content (AvgIpc) is 2.86. The average molecular weight is 502 g/mol. The maximum absolute atomic E-state index is 13.6. The molecule has 0 unspecified atom stereocenters.